The van der Waals surface area contributed by atoms with Crippen molar-refractivity contribution in [3.05, 3.63) is 35.4 Å². The van der Waals surface area contributed by atoms with E-state index >= 15 is 0 Å². The van der Waals surface area contributed by atoms with Gasteiger partial charge in [0.1, 0.15) is 0 Å². The van der Waals surface area contributed by atoms with Gasteiger partial charge in [0.25, 0.3) is 0 Å². The van der Waals surface area contributed by atoms with Crippen molar-refractivity contribution in [2.24, 2.45) is 0 Å². The van der Waals surface area contributed by atoms with Crippen molar-refractivity contribution in [2.75, 3.05) is 13.2 Å². The van der Waals surface area contributed by atoms with Crippen LogP contribution in [0.1, 0.15) is 29.3 Å². The molecule has 0 unspecified atom stereocenters. The zero-order valence-corrected chi connectivity index (χ0v) is 9.94. The van der Waals surface area contributed by atoms with Crippen LogP contribution >= 0.6 is 0 Å². The van der Waals surface area contributed by atoms with Crippen LogP contribution in [0.3, 0.4) is 0 Å². The fraction of sp³-hybridized carbons (Fsp3) is 0.385. The van der Waals surface area contributed by atoms with Gasteiger partial charge in [-0.05, 0) is 30.5 Å². The zero-order valence-electron chi connectivity index (χ0n) is 9.94. The molecule has 4 heteroatoms. The molecule has 0 saturated carbocycles. The van der Waals surface area contributed by atoms with Crippen molar-refractivity contribution in [3.63, 3.8) is 0 Å². The van der Waals surface area contributed by atoms with Crippen LogP contribution in [0, 0.1) is 0 Å². The van der Waals surface area contributed by atoms with E-state index in [1.165, 1.54) is 0 Å². The second kappa shape index (κ2) is 7.44. The van der Waals surface area contributed by atoms with Crippen molar-refractivity contribution < 1.29 is 14.3 Å². The summed E-state index contributed by atoms with van der Waals surface area (Å²) in [4.78, 5) is 21.6. The van der Waals surface area contributed by atoms with Crippen LogP contribution in [-0.2, 0) is 16.0 Å². The maximum absolute atomic E-state index is 11.5. The van der Waals surface area contributed by atoms with Gasteiger partial charge < -0.3 is 10.1 Å². The molecule has 0 heterocycles. The van der Waals surface area contributed by atoms with Crippen LogP contribution in [0.15, 0.2) is 24.3 Å². The predicted octanol–water partition coefficient (Wildman–Crippen LogP) is 1.54. The minimum Gasteiger partial charge on any atom is -0.462 e. The average Bonchev–Trinajstić information content (AvgIpc) is 2.37. The summed E-state index contributed by atoms with van der Waals surface area (Å²) in [5.74, 6) is -0.288. The molecule has 0 aliphatic rings. The molecule has 1 amide bonds. The van der Waals surface area contributed by atoms with Crippen LogP contribution in [0.4, 0.5) is 0 Å². The molecule has 17 heavy (non-hydrogen) atoms. The molecular formula is C13H17NO3. The summed E-state index contributed by atoms with van der Waals surface area (Å²) in [7, 11) is 0. The summed E-state index contributed by atoms with van der Waals surface area (Å²) in [6.45, 7) is 3.00. The van der Waals surface area contributed by atoms with Gasteiger partial charge in [0.05, 0.1) is 12.2 Å². The minimum absolute atomic E-state index is 0.288. The first-order valence-corrected chi connectivity index (χ1v) is 5.71. The Bertz CT molecular complexity index is 359. The maximum atomic E-state index is 11.5. The van der Waals surface area contributed by atoms with Crippen molar-refractivity contribution in [1.82, 2.24) is 5.32 Å². The van der Waals surface area contributed by atoms with Gasteiger partial charge in [0, 0.05) is 6.54 Å². The number of ether oxygens (including phenoxy) is 1. The van der Waals surface area contributed by atoms with Crippen molar-refractivity contribution in [1.29, 1.82) is 0 Å². The average molecular weight is 235 g/mol. The Morgan fingerprint density at radius 3 is 2.65 bits per heavy atom. The highest BCUT2D eigenvalue weighted by Gasteiger charge is 2.05. The van der Waals surface area contributed by atoms with Crippen LogP contribution < -0.4 is 5.32 Å². The molecule has 1 rings (SSSR count). The monoisotopic (exact) mass is 235 g/mol. The molecule has 4 nitrogen and oxygen atoms in total. The lowest BCUT2D eigenvalue weighted by Gasteiger charge is -2.04. The Morgan fingerprint density at radius 1 is 1.35 bits per heavy atom. The van der Waals surface area contributed by atoms with Gasteiger partial charge in [0.2, 0.25) is 6.41 Å². The molecule has 1 aromatic carbocycles. The number of hydrogen-bond donors (Lipinski definition) is 1. The van der Waals surface area contributed by atoms with Gasteiger partial charge in [-0.2, -0.15) is 0 Å². The van der Waals surface area contributed by atoms with Crippen molar-refractivity contribution >= 4 is 12.4 Å². The first kappa shape index (κ1) is 13.2. The minimum atomic E-state index is -0.288. The smallest absolute Gasteiger partial charge is 0.338 e. The number of rotatable bonds is 7. The second-order valence-electron chi connectivity index (χ2n) is 3.65. The number of carbonyl (C=O) groups is 2. The van der Waals surface area contributed by atoms with Crippen molar-refractivity contribution in [3.8, 4) is 0 Å². The standard InChI is InChI=1S/C13H17NO3/c1-2-9-17-13(16)12-5-3-11(4-6-12)7-8-14-10-15/h3-6,10H,2,7-9H2,1H3,(H,14,15). The third-order valence-corrected chi connectivity index (χ3v) is 2.27. The normalized spacial score (nSPS) is 9.71. The Labute approximate surface area is 101 Å². The summed E-state index contributed by atoms with van der Waals surface area (Å²) in [5.41, 5.74) is 1.64. The number of amides is 1. The topological polar surface area (TPSA) is 55.4 Å². The van der Waals surface area contributed by atoms with E-state index in [-0.39, 0.29) is 5.97 Å². The highest BCUT2D eigenvalue weighted by molar-refractivity contribution is 5.89. The van der Waals surface area contributed by atoms with Gasteiger partial charge in [-0.15, -0.1) is 0 Å². The Morgan fingerprint density at radius 2 is 2.06 bits per heavy atom. The SMILES string of the molecule is CCCOC(=O)c1ccc(CCNC=O)cc1. The fourth-order valence-corrected chi connectivity index (χ4v) is 1.36. The molecule has 0 spiro atoms. The van der Waals surface area contributed by atoms with Gasteiger partial charge in [0.15, 0.2) is 0 Å². The summed E-state index contributed by atoms with van der Waals surface area (Å²) in [5, 5.41) is 2.59. The lowest BCUT2D eigenvalue weighted by molar-refractivity contribution is -0.109. The maximum Gasteiger partial charge on any atom is 0.338 e. The number of carbonyl (C=O) groups excluding carboxylic acids is 2. The van der Waals surface area contributed by atoms with Crippen LogP contribution in [0.2, 0.25) is 0 Å². The number of benzene rings is 1. The largest absolute Gasteiger partial charge is 0.462 e. The van der Waals surface area contributed by atoms with Crippen LogP contribution in [-0.4, -0.2) is 25.5 Å². The van der Waals surface area contributed by atoms with E-state index in [1.807, 2.05) is 19.1 Å². The van der Waals surface area contributed by atoms with Gasteiger partial charge in [-0.1, -0.05) is 19.1 Å². The molecular weight excluding hydrogens is 218 g/mol. The molecule has 0 aliphatic carbocycles. The van der Waals surface area contributed by atoms with E-state index < -0.39 is 0 Å². The highest BCUT2D eigenvalue weighted by atomic mass is 16.5. The third-order valence-electron chi connectivity index (χ3n) is 2.27. The fourth-order valence-electron chi connectivity index (χ4n) is 1.36. The number of hydrogen-bond acceptors (Lipinski definition) is 3. The molecule has 92 valence electrons. The molecule has 0 bridgehead atoms. The molecule has 0 atom stereocenters. The van der Waals surface area contributed by atoms with E-state index in [4.69, 9.17) is 4.74 Å². The lowest BCUT2D eigenvalue weighted by Crippen LogP contribution is -2.14. The van der Waals surface area contributed by atoms with Gasteiger partial charge in [-0.25, -0.2) is 4.79 Å². The zero-order chi connectivity index (χ0) is 12.5. The van der Waals surface area contributed by atoms with Gasteiger partial charge >= 0.3 is 5.97 Å². The highest BCUT2D eigenvalue weighted by Crippen LogP contribution is 2.06. The molecule has 0 aliphatic heterocycles. The van der Waals surface area contributed by atoms with E-state index in [0.717, 1.165) is 18.4 Å². The molecule has 1 aromatic rings. The first-order valence-electron chi connectivity index (χ1n) is 5.71. The van der Waals surface area contributed by atoms with Crippen molar-refractivity contribution in [2.45, 2.75) is 19.8 Å². The summed E-state index contributed by atoms with van der Waals surface area (Å²) < 4.78 is 5.02. The lowest BCUT2D eigenvalue weighted by atomic mass is 10.1. The number of esters is 1. The van der Waals surface area contributed by atoms with E-state index in [2.05, 4.69) is 5.32 Å². The summed E-state index contributed by atoms with van der Waals surface area (Å²) in [6, 6.07) is 7.23. The molecule has 0 radical (unpaired) electrons. The molecule has 1 N–H and O–H groups in total. The summed E-state index contributed by atoms with van der Waals surface area (Å²) in [6.07, 6.45) is 2.25. The quantitative estimate of drug-likeness (QED) is 0.443. The van der Waals surface area contributed by atoms with E-state index in [1.54, 1.807) is 12.1 Å². The molecule has 0 aromatic heterocycles. The molecule has 0 saturated heterocycles. The van der Waals surface area contributed by atoms with E-state index in [0.29, 0.717) is 25.1 Å². The first-order chi connectivity index (χ1) is 8.27. The third kappa shape index (κ3) is 4.68. The Hall–Kier alpha value is -1.84. The van der Waals surface area contributed by atoms with Gasteiger partial charge in [-0.3, -0.25) is 4.79 Å². The second-order valence-corrected chi connectivity index (χ2v) is 3.65. The summed E-state index contributed by atoms with van der Waals surface area (Å²) >= 11 is 0. The Kier molecular flexibility index (Phi) is 5.79. The predicted molar refractivity (Wildman–Crippen MR) is 64.8 cm³/mol. The van der Waals surface area contributed by atoms with Crippen LogP contribution in [0.25, 0.3) is 0 Å². The Balaban J connectivity index is 2.49. The van der Waals surface area contributed by atoms with E-state index in [9.17, 15) is 9.59 Å². The van der Waals surface area contributed by atoms with Crippen LogP contribution in [0.5, 0.6) is 0 Å². The molecule has 0 fully saturated rings. The number of nitrogens with one attached hydrogen (secondary N) is 1.